The molecule has 0 unspecified atom stereocenters. The van der Waals surface area contributed by atoms with Crippen molar-refractivity contribution in [3.63, 3.8) is 0 Å². The summed E-state index contributed by atoms with van der Waals surface area (Å²) in [5.74, 6) is 0.719. The lowest BCUT2D eigenvalue weighted by atomic mass is 10.1. The lowest BCUT2D eigenvalue weighted by Gasteiger charge is -2.19. The molecule has 3 heterocycles. The Balaban J connectivity index is 1.57. The highest BCUT2D eigenvalue weighted by atomic mass is 16.6. The summed E-state index contributed by atoms with van der Waals surface area (Å²) in [4.78, 5) is 20.9. The molecule has 0 fully saturated rings. The molecule has 4 aromatic rings. The number of carbonyl (C=O) groups excluding carboxylic acids is 1. The Morgan fingerprint density at radius 2 is 2.03 bits per heavy atom. The Bertz CT molecular complexity index is 1250. The highest BCUT2D eigenvalue weighted by Crippen LogP contribution is 2.25. The Labute approximate surface area is 180 Å². The van der Waals surface area contributed by atoms with Gasteiger partial charge in [-0.1, -0.05) is 18.2 Å². The summed E-state index contributed by atoms with van der Waals surface area (Å²) >= 11 is 0. The van der Waals surface area contributed by atoms with Crippen LogP contribution in [0.25, 0.3) is 28.1 Å². The van der Waals surface area contributed by atoms with Gasteiger partial charge in [0, 0.05) is 32.3 Å². The molecule has 2 N–H and O–H groups in total. The monoisotopic (exact) mass is 421 g/mol. The molecule has 4 rings (SSSR count). The van der Waals surface area contributed by atoms with Gasteiger partial charge in [-0.05, 0) is 38.8 Å². The maximum Gasteiger partial charge on any atom is 0.407 e. The molecule has 31 heavy (non-hydrogen) atoms. The molecule has 0 saturated heterocycles. The molecule has 0 spiro atoms. The van der Waals surface area contributed by atoms with Crippen molar-refractivity contribution < 1.29 is 9.53 Å². The number of imidazole rings is 1. The number of alkyl carbamates (subject to hydrolysis) is 1. The van der Waals surface area contributed by atoms with Gasteiger partial charge in [0.05, 0.1) is 12.0 Å². The number of aromatic nitrogens is 5. The van der Waals surface area contributed by atoms with Crippen molar-refractivity contribution in [3.8, 4) is 11.3 Å². The molecule has 0 aliphatic carbocycles. The topological polar surface area (TPSA) is 98.4 Å². The number of ether oxygens (including phenoxy) is 1. The van der Waals surface area contributed by atoms with E-state index in [0.717, 1.165) is 39.4 Å². The largest absolute Gasteiger partial charge is 0.444 e. The fourth-order valence-electron chi connectivity index (χ4n) is 3.44. The summed E-state index contributed by atoms with van der Waals surface area (Å²) < 4.78 is 9.02. The quantitative estimate of drug-likeness (QED) is 0.513. The summed E-state index contributed by atoms with van der Waals surface area (Å²) in [7, 11) is 3.77. The minimum atomic E-state index is -0.506. The number of benzene rings is 1. The van der Waals surface area contributed by atoms with Gasteiger partial charge in [-0.2, -0.15) is 9.61 Å². The molecule has 0 atom stereocenters. The van der Waals surface area contributed by atoms with E-state index in [1.54, 1.807) is 6.33 Å². The molecular formula is C22H27N7O2. The van der Waals surface area contributed by atoms with Crippen LogP contribution in [-0.4, -0.2) is 49.4 Å². The molecule has 0 saturated carbocycles. The van der Waals surface area contributed by atoms with Gasteiger partial charge in [0.2, 0.25) is 0 Å². The molecule has 0 aliphatic heterocycles. The second-order valence-corrected chi connectivity index (χ2v) is 8.42. The zero-order chi connectivity index (χ0) is 22.2. The van der Waals surface area contributed by atoms with Crippen LogP contribution in [0.15, 0.2) is 36.7 Å². The summed E-state index contributed by atoms with van der Waals surface area (Å²) in [6.45, 7) is 6.03. The molecular weight excluding hydrogens is 394 g/mol. The van der Waals surface area contributed by atoms with E-state index in [9.17, 15) is 4.79 Å². The van der Waals surface area contributed by atoms with Crippen LogP contribution in [0.5, 0.6) is 0 Å². The zero-order valence-corrected chi connectivity index (χ0v) is 18.4. The Morgan fingerprint density at radius 3 is 2.77 bits per heavy atom. The van der Waals surface area contributed by atoms with Gasteiger partial charge in [-0.25, -0.2) is 14.8 Å². The Hall–Kier alpha value is -3.62. The molecule has 1 amide bonds. The molecule has 0 bridgehead atoms. The van der Waals surface area contributed by atoms with Gasteiger partial charge in [-0.3, -0.25) is 0 Å². The lowest BCUT2D eigenvalue weighted by Crippen LogP contribution is -2.33. The van der Waals surface area contributed by atoms with Gasteiger partial charge >= 0.3 is 6.09 Å². The fourth-order valence-corrected chi connectivity index (χ4v) is 3.44. The van der Waals surface area contributed by atoms with Crippen LogP contribution in [0, 0.1) is 0 Å². The van der Waals surface area contributed by atoms with Gasteiger partial charge < -0.3 is 19.9 Å². The van der Waals surface area contributed by atoms with Crippen LogP contribution in [0.1, 0.15) is 26.3 Å². The van der Waals surface area contributed by atoms with Gasteiger partial charge in [0.15, 0.2) is 22.6 Å². The van der Waals surface area contributed by atoms with E-state index in [0.29, 0.717) is 13.0 Å². The standard InChI is InChI=1S/C22H27N7O2/c1-22(2,3)31-21(30)24-10-9-14-7-6-8-15(11-14)16-12-17-26-19(23-4)18-20(29(17)27-16)28(5)13-25-18/h6-8,11-13H,9-10H2,1-5H3,(H,23,26)(H,24,30). The van der Waals surface area contributed by atoms with E-state index < -0.39 is 11.7 Å². The molecule has 162 valence electrons. The summed E-state index contributed by atoms with van der Waals surface area (Å²) in [5, 5.41) is 10.7. The third kappa shape index (κ3) is 4.30. The number of hydrogen-bond donors (Lipinski definition) is 2. The van der Waals surface area contributed by atoms with Crippen molar-refractivity contribution in [2.24, 2.45) is 7.05 Å². The number of aryl methyl sites for hydroxylation is 1. The van der Waals surface area contributed by atoms with E-state index in [2.05, 4.69) is 26.7 Å². The molecule has 9 heteroatoms. The smallest absolute Gasteiger partial charge is 0.407 e. The van der Waals surface area contributed by atoms with Crippen molar-refractivity contribution in [3.05, 3.63) is 42.2 Å². The maximum absolute atomic E-state index is 11.8. The number of carbonyl (C=O) groups is 1. The first-order valence-electron chi connectivity index (χ1n) is 10.2. The second kappa shape index (κ2) is 7.90. The number of hydrogen-bond acceptors (Lipinski definition) is 6. The third-order valence-corrected chi connectivity index (χ3v) is 4.79. The lowest BCUT2D eigenvalue weighted by molar-refractivity contribution is 0.0528. The Kier molecular flexibility index (Phi) is 5.26. The summed E-state index contributed by atoms with van der Waals surface area (Å²) in [5.41, 5.74) is 4.79. The van der Waals surface area contributed by atoms with Crippen LogP contribution in [-0.2, 0) is 18.2 Å². The highest BCUT2D eigenvalue weighted by Gasteiger charge is 2.17. The normalized spacial score (nSPS) is 11.8. The number of nitrogens with one attached hydrogen (secondary N) is 2. The van der Waals surface area contributed by atoms with E-state index in [4.69, 9.17) is 9.84 Å². The van der Waals surface area contributed by atoms with Gasteiger partial charge in [0.1, 0.15) is 5.60 Å². The number of anilines is 1. The van der Waals surface area contributed by atoms with E-state index in [1.165, 1.54) is 0 Å². The van der Waals surface area contributed by atoms with E-state index in [1.807, 2.05) is 68.2 Å². The van der Waals surface area contributed by atoms with E-state index in [-0.39, 0.29) is 0 Å². The van der Waals surface area contributed by atoms with Crippen molar-refractivity contribution in [2.75, 3.05) is 18.9 Å². The maximum atomic E-state index is 11.8. The van der Waals surface area contributed by atoms with Crippen LogP contribution >= 0.6 is 0 Å². The first kappa shape index (κ1) is 20.6. The predicted molar refractivity (Wildman–Crippen MR) is 120 cm³/mol. The van der Waals surface area contributed by atoms with Crippen LogP contribution in [0.2, 0.25) is 0 Å². The van der Waals surface area contributed by atoms with Crippen LogP contribution < -0.4 is 10.6 Å². The molecule has 3 aromatic heterocycles. The van der Waals surface area contributed by atoms with Crippen LogP contribution in [0.3, 0.4) is 0 Å². The SMILES string of the molecule is CNc1nc2cc(-c3cccc(CCNC(=O)OC(C)(C)C)c3)nn2c2c1ncn2C. The first-order chi connectivity index (χ1) is 14.7. The average Bonchev–Trinajstić information content (AvgIpc) is 3.30. The zero-order valence-electron chi connectivity index (χ0n) is 18.4. The Morgan fingerprint density at radius 1 is 1.23 bits per heavy atom. The molecule has 0 radical (unpaired) electrons. The van der Waals surface area contributed by atoms with Crippen molar-refractivity contribution in [2.45, 2.75) is 32.8 Å². The van der Waals surface area contributed by atoms with Crippen molar-refractivity contribution in [1.82, 2.24) is 29.5 Å². The third-order valence-electron chi connectivity index (χ3n) is 4.79. The predicted octanol–water partition coefficient (Wildman–Crippen LogP) is 3.39. The molecule has 0 aliphatic rings. The summed E-state index contributed by atoms with van der Waals surface area (Å²) in [6.07, 6.45) is 2.04. The fraction of sp³-hybridized carbons (Fsp3) is 0.364. The minimum absolute atomic E-state index is 0.407. The number of fused-ring (bicyclic) bond motifs is 3. The van der Waals surface area contributed by atoms with Gasteiger partial charge in [0.25, 0.3) is 0 Å². The number of rotatable bonds is 5. The highest BCUT2D eigenvalue weighted by molar-refractivity contribution is 5.86. The summed E-state index contributed by atoms with van der Waals surface area (Å²) in [6, 6.07) is 10.1. The minimum Gasteiger partial charge on any atom is -0.444 e. The van der Waals surface area contributed by atoms with E-state index >= 15 is 0 Å². The van der Waals surface area contributed by atoms with Gasteiger partial charge in [-0.15, -0.1) is 0 Å². The average molecular weight is 422 g/mol. The number of amides is 1. The first-order valence-corrected chi connectivity index (χ1v) is 10.2. The van der Waals surface area contributed by atoms with Crippen molar-refractivity contribution in [1.29, 1.82) is 0 Å². The van der Waals surface area contributed by atoms with Crippen molar-refractivity contribution >= 4 is 28.7 Å². The second-order valence-electron chi connectivity index (χ2n) is 8.42. The molecule has 9 nitrogen and oxygen atoms in total. The molecule has 1 aromatic carbocycles. The van der Waals surface area contributed by atoms with Crippen LogP contribution in [0.4, 0.5) is 10.6 Å². The number of nitrogens with zero attached hydrogens (tertiary/aromatic N) is 5.